The lowest BCUT2D eigenvalue weighted by atomic mass is 10.0. The minimum Gasteiger partial charge on any atom is -0.507 e. The van der Waals surface area contributed by atoms with E-state index in [1.165, 1.54) is 6.07 Å². The Balaban J connectivity index is 2.25. The maximum Gasteiger partial charge on any atom is 0.230 e. The number of hydrogen-bond acceptors (Lipinski definition) is 5. The molecule has 0 amide bonds. The van der Waals surface area contributed by atoms with Crippen LogP contribution in [0, 0.1) is 22.7 Å². The van der Waals surface area contributed by atoms with Crippen LogP contribution >= 0.6 is 0 Å². The molecule has 0 unspecified atom stereocenters. The number of aromatic hydroxyl groups is 1. The number of ether oxygens (including phenoxy) is 1. The van der Waals surface area contributed by atoms with Gasteiger partial charge in [-0.3, -0.25) is 0 Å². The first-order valence-electron chi connectivity index (χ1n) is 6.43. The first kappa shape index (κ1) is 13.4. The molecule has 3 rings (SSSR count). The molecule has 2 aromatic carbocycles. The van der Waals surface area contributed by atoms with E-state index >= 15 is 0 Å². The summed E-state index contributed by atoms with van der Waals surface area (Å²) in [6.07, 6.45) is 0. The molecule has 0 saturated carbocycles. The van der Waals surface area contributed by atoms with Gasteiger partial charge in [0.25, 0.3) is 0 Å². The van der Waals surface area contributed by atoms with Gasteiger partial charge in [-0.1, -0.05) is 24.3 Å². The highest BCUT2D eigenvalue weighted by Gasteiger charge is 2.23. The Hall–Kier alpha value is -3.57. The average molecular weight is 287 g/mol. The Bertz CT molecular complexity index is 883. The van der Waals surface area contributed by atoms with Crippen LogP contribution < -0.4 is 4.74 Å². The molecule has 1 N–H and O–H groups in total. The maximum atomic E-state index is 9.94. The molecule has 0 spiro atoms. The molecule has 2 aromatic rings. The highest BCUT2D eigenvalue weighted by atomic mass is 16.5. The van der Waals surface area contributed by atoms with Crippen molar-refractivity contribution >= 4 is 11.6 Å². The van der Waals surface area contributed by atoms with Crippen LogP contribution in [-0.4, -0.2) is 11.0 Å². The zero-order valence-corrected chi connectivity index (χ0v) is 11.3. The number of hydrogen-bond donors (Lipinski definition) is 1. The Kier molecular flexibility index (Phi) is 3.31. The largest absolute Gasteiger partial charge is 0.507 e. The van der Waals surface area contributed by atoms with Gasteiger partial charge in [0.2, 0.25) is 5.90 Å². The van der Waals surface area contributed by atoms with Gasteiger partial charge in [-0.15, -0.1) is 0 Å². The molecule has 1 aliphatic heterocycles. The van der Waals surface area contributed by atoms with E-state index < -0.39 is 0 Å². The molecule has 0 radical (unpaired) electrons. The molecule has 22 heavy (non-hydrogen) atoms. The van der Waals surface area contributed by atoms with Gasteiger partial charge in [0.15, 0.2) is 5.57 Å². The van der Waals surface area contributed by atoms with Crippen LogP contribution in [0.5, 0.6) is 11.5 Å². The number of nitriles is 2. The van der Waals surface area contributed by atoms with Crippen molar-refractivity contribution in [3.8, 4) is 23.6 Å². The highest BCUT2D eigenvalue weighted by molar-refractivity contribution is 6.04. The molecule has 5 nitrogen and oxygen atoms in total. The van der Waals surface area contributed by atoms with Crippen molar-refractivity contribution in [3.63, 3.8) is 0 Å². The second-order valence-corrected chi connectivity index (χ2v) is 4.48. The second kappa shape index (κ2) is 5.43. The molecule has 0 aromatic heterocycles. The Labute approximate surface area is 126 Å². The smallest absolute Gasteiger partial charge is 0.230 e. The quantitative estimate of drug-likeness (QED) is 0.816. The van der Waals surface area contributed by atoms with E-state index in [1.807, 2.05) is 12.1 Å². The number of aliphatic imine (C=N–C) groups is 1. The summed E-state index contributed by atoms with van der Waals surface area (Å²) in [7, 11) is 0. The minimum atomic E-state index is -0.108. The first-order chi connectivity index (χ1) is 10.7. The number of allylic oxidation sites excluding steroid dienone is 1. The Morgan fingerprint density at radius 2 is 1.59 bits per heavy atom. The maximum absolute atomic E-state index is 9.94. The molecular formula is C17H9N3O2. The standard InChI is InChI=1S/C17H9N3O2/c18-9-11(10-19)16-13-6-2-4-8-15(13)22-17(20-16)12-5-1-3-7-14(12)21/h1-8,21H. The fourth-order valence-corrected chi connectivity index (χ4v) is 2.13. The van der Waals surface area contributed by atoms with Gasteiger partial charge in [0.1, 0.15) is 29.3 Å². The van der Waals surface area contributed by atoms with Crippen molar-refractivity contribution in [1.82, 2.24) is 0 Å². The molecule has 0 atom stereocenters. The second-order valence-electron chi connectivity index (χ2n) is 4.48. The monoisotopic (exact) mass is 287 g/mol. The predicted octanol–water partition coefficient (Wildman–Crippen LogP) is 2.99. The first-order valence-corrected chi connectivity index (χ1v) is 6.43. The van der Waals surface area contributed by atoms with Crippen LogP contribution in [0.2, 0.25) is 0 Å². The summed E-state index contributed by atoms with van der Waals surface area (Å²) in [5.74, 6) is 0.638. The third-order valence-electron chi connectivity index (χ3n) is 3.16. The summed E-state index contributed by atoms with van der Waals surface area (Å²) < 4.78 is 5.71. The molecule has 104 valence electrons. The van der Waals surface area contributed by atoms with Crippen LogP contribution in [0.15, 0.2) is 59.1 Å². The average Bonchev–Trinajstić information content (AvgIpc) is 2.56. The topological polar surface area (TPSA) is 89.4 Å². The number of para-hydroxylation sites is 2. The number of phenolic OH excluding ortho intramolecular Hbond substituents is 1. The van der Waals surface area contributed by atoms with Crippen LogP contribution in [0.25, 0.3) is 5.70 Å². The van der Waals surface area contributed by atoms with Gasteiger partial charge in [-0.05, 0) is 24.3 Å². The molecule has 1 heterocycles. The van der Waals surface area contributed by atoms with E-state index in [9.17, 15) is 5.11 Å². The van der Waals surface area contributed by atoms with Crippen molar-refractivity contribution in [1.29, 1.82) is 10.5 Å². The van der Waals surface area contributed by atoms with Gasteiger partial charge >= 0.3 is 0 Å². The number of fused-ring (bicyclic) bond motifs is 1. The third-order valence-corrected chi connectivity index (χ3v) is 3.16. The fraction of sp³-hybridized carbons (Fsp3) is 0. The molecule has 0 aliphatic carbocycles. The van der Waals surface area contributed by atoms with Crippen LogP contribution in [0.4, 0.5) is 0 Å². The molecule has 1 aliphatic rings. The molecule has 0 fully saturated rings. The Morgan fingerprint density at radius 1 is 0.955 bits per heavy atom. The van der Waals surface area contributed by atoms with E-state index in [4.69, 9.17) is 15.3 Å². The number of nitrogens with zero attached hydrogens (tertiary/aromatic N) is 3. The van der Waals surface area contributed by atoms with Gasteiger partial charge in [-0.25, -0.2) is 4.99 Å². The number of phenols is 1. The zero-order valence-electron chi connectivity index (χ0n) is 11.3. The summed E-state index contributed by atoms with van der Waals surface area (Å²) in [4.78, 5) is 4.27. The van der Waals surface area contributed by atoms with Crippen molar-refractivity contribution in [2.45, 2.75) is 0 Å². The summed E-state index contributed by atoms with van der Waals surface area (Å²) in [5.41, 5.74) is 1.10. The summed E-state index contributed by atoms with van der Waals surface area (Å²) in [5, 5.41) is 28.2. The van der Waals surface area contributed by atoms with E-state index in [0.29, 0.717) is 16.9 Å². The lowest BCUT2D eigenvalue weighted by molar-refractivity contribution is 0.468. The number of benzene rings is 2. The van der Waals surface area contributed by atoms with Gasteiger partial charge < -0.3 is 9.84 Å². The molecular weight excluding hydrogens is 278 g/mol. The van der Waals surface area contributed by atoms with Crippen molar-refractivity contribution < 1.29 is 9.84 Å². The summed E-state index contributed by atoms with van der Waals surface area (Å²) in [6, 6.07) is 17.3. The fourth-order valence-electron chi connectivity index (χ4n) is 2.13. The van der Waals surface area contributed by atoms with Gasteiger partial charge in [-0.2, -0.15) is 10.5 Å². The Morgan fingerprint density at radius 3 is 2.27 bits per heavy atom. The zero-order chi connectivity index (χ0) is 15.5. The van der Waals surface area contributed by atoms with Crippen molar-refractivity contribution in [3.05, 3.63) is 65.2 Å². The van der Waals surface area contributed by atoms with Crippen molar-refractivity contribution in [2.24, 2.45) is 4.99 Å². The van der Waals surface area contributed by atoms with Crippen LogP contribution in [-0.2, 0) is 0 Å². The van der Waals surface area contributed by atoms with Gasteiger partial charge in [0.05, 0.1) is 5.56 Å². The van der Waals surface area contributed by atoms with E-state index in [2.05, 4.69) is 4.99 Å². The van der Waals surface area contributed by atoms with E-state index in [0.717, 1.165) is 0 Å². The lowest BCUT2D eigenvalue weighted by Crippen LogP contribution is -2.16. The molecule has 0 bridgehead atoms. The normalized spacial score (nSPS) is 12.3. The summed E-state index contributed by atoms with van der Waals surface area (Å²) in [6.45, 7) is 0. The van der Waals surface area contributed by atoms with E-state index in [-0.39, 0.29) is 22.9 Å². The van der Waals surface area contributed by atoms with E-state index in [1.54, 1.807) is 42.5 Å². The third kappa shape index (κ3) is 2.17. The highest BCUT2D eigenvalue weighted by Crippen LogP contribution is 2.35. The van der Waals surface area contributed by atoms with Gasteiger partial charge in [0, 0.05) is 5.56 Å². The molecule has 0 saturated heterocycles. The van der Waals surface area contributed by atoms with Crippen molar-refractivity contribution in [2.75, 3.05) is 0 Å². The predicted molar refractivity (Wildman–Crippen MR) is 79.9 cm³/mol. The minimum absolute atomic E-state index is 0.00967. The number of rotatable bonds is 1. The lowest BCUT2D eigenvalue weighted by Gasteiger charge is -2.19. The van der Waals surface area contributed by atoms with Crippen LogP contribution in [0.1, 0.15) is 11.1 Å². The van der Waals surface area contributed by atoms with Crippen LogP contribution in [0.3, 0.4) is 0 Å². The molecule has 5 heteroatoms. The SMILES string of the molecule is N#CC(C#N)=C1N=C(c2ccccc2O)Oc2ccccc21. The summed E-state index contributed by atoms with van der Waals surface area (Å²) >= 11 is 0.